The van der Waals surface area contributed by atoms with E-state index < -0.39 is 5.72 Å². The van der Waals surface area contributed by atoms with E-state index in [1.54, 1.807) is 30.3 Å². The number of hydrogen-bond acceptors (Lipinski definition) is 4. The Bertz CT molecular complexity index is 780. The van der Waals surface area contributed by atoms with Gasteiger partial charge in [0.05, 0.1) is 5.75 Å². The fraction of sp³-hybridized carbons (Fsp3) is 0.211. The van der Waals surface area contributed by atoms with E-state index in [1.165, 1.54) is 16.8 Å². The molecule has 0 aromatic heterocycles. The minimum atomic E-state index is -1.51. The molecule has 0 spiro atoms. The molecule has 0 unspecified atom stereocenters. The van der Waals surface area contributed by atoms with Crippen LogP contribution in [0.1, 0.15) is 18.1 Å². The maximum absolute atomic E-state index is 12.7. The number of nitrogens with one attached hydrogen (secondary N) is 1. The predicted molar refractivity (Wildman–Crippen MR) is 102 cm³/mol. The van der Waals surface area contributed by atoms with Gasteiger partial charge in [-0.2, -0.15) is 0 Å². The summed E-state index contributed by atoms with van der Waals surface area (Å²) in [5, 5.41) is 12.9. The van der Waals surface area contributed by atoms with E-state index in [-0.39, 0.29) is 11.7 Å². The van der Waals surface area contributed by atoms with Crippen LogP contribution < -0.4 is 5.43 Å². The van der Waals surface area contributed by atoms with E-state index in [0.29, 0.717) is 10.6 Å². The molecule has 1 aliphatic heterocycles. The molecule has 130 valence electrons. The number of benzene rings is 2. The van der Waals surface area contributed by atoms with Crippen molar-refractivity contribution in [2.75, 3.05) is 5.75 Å². The molecule has 2 aromatic rings. The van der Waals surface area contributed by atoms with Crippen LogP contribution in [0.4, 0.5) is 0 Å². The summed E-state index contributed by atoms with van der Waals surface area (Å²) in [7, 11) is 0. The summed E-state index contributed by atoms with van der Waals surface area (Å²) in [6.07, 6.45) is 1.63. The fourth-order valence-electron chi connectivity index (χ4n) is 2.72. The molecular weight excluding hydrogens is 356 g/mol. The lowest BCUT2D eigenvalue weighted by Gasteiger charge is -2.33. The SMILES string of the molecule is CC1=C[C@@](O)(c2ccc(Cl)cc2)N(C(=O)CSCc2ccccc2)N1. The summed E-state index contributed by atoms with van der Waals surface area (Å²) in [5.41, 5.74) is 3.91. The topological polar surface area (TPSA) is 52.6 Å². The lowest BCUT2D eigenvalue weighted by atomic mass is 10.0. The summed E-state index contributed by atoms with van der Waals surface area (Å²) >= 11 is 7.44. The van der Waals surface area contributed by atoms with Gasteiger partial charge in [-0.1, -0.05) is 54.1 Å². The molecule has 1 amide bonds. The minimum absolute atomic E-state index is 0.188. The van der Waals surface area contributed by atoms with Gasteiger partial charge >= 0.3 is 0 Å². The Morgan fingerprint density at radius 3 is 2.56 bits per heavy atom. The molecule has 6 heteroatoms. The van der Waals surface area contributed by atoms with Crippen molar-refractivity contribution in [1.29, 1.82) is 0 Å². The number of thioether (sulfide) groups is 1. The van der Waals surface area contributed by atoms with E-state index in [1.807, 2.05) is 37.3 Å². The average molecular weight is 375 g/mol. The van der Waals surface area contributed by atoms with Crippen LogP contribution in [0.2, 0.25) is 5.02 Å². The van der Waals surface area contributed by atoms with Crippen molar-refractivity contribution in [2.24, 2.45) is 0 Å². The number of rotatable bonds is 5. The quantitative estimate of drug-likeness (QED) is 0.838. The molecule has 0 aliphatic carbocycles. The molecule has 0 radical (unpaired) electrons. The first kappa shape index (κ1) is 17.9. The number of amides is 1. The molecule has 2 aromatic carbocycles. The molecule has 4 nitrogen and oxygen atoms in total. The van der Waals surface area contributed by atoms with Gasteiger partial charge in [-0.05, 0) is 30.7 Å². The van der Waals surface area contributed by atoms with Crippen molar-refractivity contribution in [3.05, 3.63) is 82.5 Å². The van der Waals surface area contributed by atoms with E-state index in [9.17, 15) is 9.90 Å². The molecule has 1 atom stereocenters. The van der Waals surface area contributed by atoms with Crippen LogP contribution in [0, 0.1) is 0 Å². The van der Waals surface area contributed by atoms with Crippen LogP contribution in [-0.2, 0) is 16.3 Å². The minimum Gasteiger partial charge on any atom is -0.362 e. The number of hydrazine groups is 1. The maximum atomic E-state index is 12.7. The highest BCUT2D eigenvalue weighted by Crippen LogP contribution is 2.33. The first-order valence-corrected chi connectivity index (χ1v) is 9.41. The third kappa shape index (κ3) is 4.00. The van der Waals surface area contributed by atoms with Crippen LogP contribution in [0.3, 0.4) is 0 Å². The molecule has 0 saturated carbocycles. The van der Waals surface area contributed by atoms with Crippen LogP contribution in [-0.4, -0.2) is 21.8 Å². The Kier molecular flexibility index (Phi) is 5.37. The number of carbonyl (C=O) groups is 1. The molecule has 1 heterocycles. The van der Waals surface area contributed by atoms with Crippen LogP contribution >= 0.6 is 23.4 Å². The fourth-order valence-corrected chi connectivity index (χ4v) is 3.68. The normalized spacial score (nSPS) is 19.5. The Morgan fingerprint density at radius 2 is 1.88 bits per heavy atom. The monoisotopic (exact) mass is 374 g/mol. The van der Waals surface area contributed by atoms with Gasteiger partial charge in [-0.25, -0.2) is 5.01 Å². The number of nitrogens with zero attached hydrogens (tertiary/aromatic N) is 1. The van der Waals surface area contributed by atoms with Crippen molar-refractivity contribution >= 4 is 29.3 Å². The van der Waals surface area contributed by atoms with E-state index >= 15 is 0 Å². The molecule has 3 rings (SSSR count). The third-order valence-corrected chi connectivity index (χ3v) is 5.14. The maximum Gasteiger partial charge on any atom is 0.254 e. The summed E-state index contributed by atoms with van der Waals surface area (Å²) < 4.78 is 0. The largest absolute Gasteiger partial charge is 0.362 e. The number of halogens is 1. The first-order valence-electron chi connectivity index (χ1n) is 7.88. The third-order valence-electron chi connectivity index (χ3n) is 3.90. The Hall–Kier alpha value is -1.95. The zero-order valence-corrected chi connectivity index (χ0v) is 15.3. The van der Waals surface area contributed by atoms with Gasteiger partial charge in [0.25, 0.3) is 5.91 Å². The number of carbonyl (C=O) groups excluding carboxylic acids is 1. The molecule has 0 bridgehead atoms. The lowest BCUT2D eigenvalue weighted by Crippen LogP contribution is -2.51. The molecule has 25 heavy (non-hydrogen) atoms. The van der Waals surface area contributed by atoms with E-state index in [2.05, 4.69) is 5.43 Å². The van der Waals surface area contributed by atoms with Gasteiger partial charge in [0.2, 0.25) is 5.72 Å². The molecule has 2 N–H and O–H groups in total. The second-order valence-electron chi connectivity index (χ2n) is 5.88. The highest BCUT2D eigenvalue weighted by molar-refractivity contribution is 7.99. The highest BCUT2D eigenvalue weighted by atomic mass is 35.5. The van der Waals surface area contributed by atoms with Crippen molar-refractivity contribution in [3.8, 4) is 0 Å². The molecule has 1 aliphatic rings. The van der Waals surface area contributed by atoms with Gasteiger partial charge in [0, 0.05) is 22.0 Å². The first-order chi connectivity index (χ1) is 12.0. The van der Waals surface area contributed by atoms with Gasteiger partial charge in [0.15, 0.2) is 0 Å². The summed E-state index contributed by atoms with van der Waals surface area (Å²) in [6.45, 7) is 1.81. The predicted octanol–water partition coefficient (Wildman–Crippen LogP) is 3.67. The van der Waals surface area contributed by atoms with E-state index in [0.717, 1.165) is 17.0 Å². The summed E-state index contributed by atoms with van der Waals surface area (Å²) in [4.78, 5) is 12.7. The smallest absolute Gasteiger partial charge is 0.254 e. The van der Waals surface area contributed by atoms with Crippen molar-refractivity contribution in [2.45, 2.75) is 18.4 Å². The van der Waals surface area contributed by atoms with Gasteiger partial charge in [-0.15, -0.1) is 11.8 Å². The Morgan fingerprint density at radius 1 is 1.20 bits per heavy atom. The van der Waals surface area contributed by atoms with Crippen molar-refractivity contribution in [3.63, 3.8) is 0 Å². The van der Waals surface area contributed by atoms with Crippen LogP contribution in [0.25, 0.3) is 0 Å². The van der Waals surface area contributed by atoms with Gasteiger partial charge in [0.1, 0.15) is 0 Å². The number of aliphatic hydroxyl groups is 1. The second-order valence-corrected chi connectivity index (χ2v) is 7.30. The second kappa shape index (κ2) is 7.52. The average Bonchev–Trinajstić information content (AvgIpc) is 2.92. The number of allylic oxidation sites excluding steroid dienone is 1. The summed E-state index contributed by atoms with van der Waals surface area (Å²) in [5.74, 6) is 0.817. The van der Waals surface area contributed by atoms with Crippen molar-refractivity contribution < 1.29 is 9.90 Å². The van der Waals surface area contributed by atoms with Crippen molar-refractivity contribution in [1.82, 2.24) is 10.4 Å². The zero-order chi connectivity index (χ0) is 17.9. The highest BCUT2D eigenvalue weighted by Gasteiger charge is 2.42. The lowest BCUT2D eigenvalue weighted by molar-refractivity contribution is -0.152. The van der Waals surface area contributed by atoms with Gasteiger partial charge in [-0.3, -0.25) is 10.2 Å². The van der Waals surface area contributed by atoms with Crippen LogP contribution in [0.5, 0.6) is 0 Å². The zero-order valence-electron chi connectivity index (χ0n) is 13.8. The molecule has 0 fully saturated rings. The van der Waals surface area contributed by atoms with Gasteiger partial charge < -0.3 is 5.11 Å². The summed E-state index contributed by atoms with van der Waals surface area (Å²) in [6, 6.07) is 16.8. The Balaban J connectivity index is 1.69. The molecule has 0 saturated heterocycles. The van der Waals surface area contributed by atoms with E-state index in [4.69, 9.17) is 11.6 Å². The molecular formula is C19H19ClN2O2S. The standard InChI is InChI=1S/C19H19ClN2O2S/c1-14-11-19(24,16-7-9-17(20)10-8-16)22(21-14)18(23)13-25-12-15-5-3-2-4-6-15/h2-11,21,24H,12-13H2,1H3/t19-/m1/s1. The van der Waals surface area contributed by atoms with Crippen LogP contribution in [0.15, 0.2) is 66.4 Å². The Labute approximate surface area is 156 Å². The number of hydrogen-bond donors (Lipinski definition) is 2.